The Morgan fingerprint density at radius 2 is 1.46 bits per heavy atom. The van der Waals surface area contributed by atoms with Crippen LogP contribution in [0.2, 0.25) is 5.02 Å². The molecule has 8 heteroatoms. The molecule has 7 nitrogen and oxygen atoms in total. The minimum absolute atomic E-state index is 0.0202. The molecular weight excluding hydrogens is 540 g/mol. The Kier molecular flexibility index (Phi) is 9.70. The van der Waals surface area contributed by atoms with E-state index in [-0.39, 0.29) is 11.5 Å². The fraction of sp³-hybridized carbons (Fsp3) is 0.0606. The second-order valence-electron chi connectivity index (χ2n) is 8.74. The maximum absolute atomic E-state index is 13.4. The van der Waals surface area contributed by atoms with Crippen molar-refractivity contribution in [3.8, 4) is 11.5 Å². The number of rotatable bonds is 10. The summed E-state index contributed by atoms with van der Waals surface area (Å²) in [6.45, 7) is 0. The predicted molar refractivity (Wildman–Crippen MR) is 161 cm³/mol. The molecular formula is C33H27ClN2O5. The van der Waals surface area contributed by atoms with Crippen molar-refractivity contribution in [2.24, 2.45) is 0 Å². The van der Waals surface area contributed by atoms with Crippen LogP contribution in [-0.4, -0.2) is 31.8 Å². The van der Waals surface area contributed by atoms with E-state index in [1.807, 2.05) is 18.2 Å². The number of benzene rings is 4. The summed E-state index contributed by atoms with van der Waals surface area (Å²) in [5.74, 6) is -0.214. The second kappa shape index (κ2) is 13.8. The van der Waals surface area contributed by atoms with Crippen molar-refractivity contribution >= 4 is 47.0 Å². The van der Waals surface area contributed by atoms with Crippen LogP contribution in [0.5, 0.6) is 11.5 Å². The van der Waals surface area contributed by atoms with Crippen molar-refractivity contribution in [3.63, 3.8) is 0 Å². The van der Waals surface area contributed by atoms with Crippen molar-refractivity contribution in [1.82, 2.24) is 5.32 Å². The van der Waals surface area contributed by atoms with Crippen LogP contribution in [0.1, 0.15) is 31.8 Å². The molecule has 4 aromatic carbocycles. The molecule has 41 heavy (non-hydrogen) atoms. The third kappa shape index (κ3) is 7.71. The van der Waals surface area contributed by atoms with E-state index in [1.54, 1.807) is 84.9 Å². The van der Waals surface area contributed by atoms with Crippen LogP contribution < -0.4 is 20.1 Å². The molecule has 0 aliphatic heterocycles. The zero-order chi connectivity index (χ0) is 29.2. The lowest BCUT2D eigenvalue weighted by Gasteiger charge is -2.13. The molecule has 0 heterocycles. The molecule has 206 valence electrons. The highest BCUT2D eigenvalue weighted by Gasteiger charge is 2.17. The molecule has 0 bridgehead atoms. The Hall–Kier alpha value is -5.14. The van der Waals surface area contributed by atoms with E-state index in [4.69, 9.17) is 21.1 Å². The van der Waals surface area contributed by atoms with Gasteiger partial charge >= 0.3 is 0 Å². The van der Waals surface area contributed by atoms with Gasteiger partial charge in [0, 0.05) is 27.4 Å². The van der Waals surface area contributed by atoms with Gasteiger partial charge in [0.2, 0.25) is 0 Å². The number of anilines is 1. The number of allylic oxidation sites excluding steroid dienone is 1. The standard InChI is InChI=1S/C33H27ClN2O5/c1-40-27-17-19-31(41-2)25(20-27)21-29(36-32(38)24-9-4-3-5-10-24)33(39)35-26-15-12-23(13-16-26)30(37)18-14-22-8-6-7-11-28(22)34/h3-21H,1-2H3,(H,35,39)(H,36,38)/b18-14+,29-21-. The summed E-state index contributed by atoms with van der Waals surface area (Å²) in [7, 11) is 3.04. The molecule has 0 spiro atoms. The molecule has 4 rings (SSSR count). The van der Waals surface area contributed by atoms with Crippen LogP contribution in [0, 0.1) is 0 Å². The van der Waals surface area contributed by atoms with Crippen molar-refractivity contribution in [1.29, 1.82) is 0 Å². The lowest BCUT2D eigenvalue weighted by atomic mass is 10.1. The van der Waals surface area contributed by atoms with Crippen molar-refractivity contribution < 1.29 is 23.9 Å². The molecule has 0 saturated heterocycles. The SMILES string of the molecule is COc1ccc(OC)c(/C=C(\NC(=O)c2ccccc2)C(=O)Nc2ccc(C(=O)/C=C/c3ccccc3Cl)cc2)c1. The first-order valence-corrected chi connectivity index (χ1v) is 12.9. The van der Waals surface area contributed by atoms with E-state index >= 15 is 0 Å². The van der Waals surface area contributed by atoms with Crippen LogP contribution in [0.4, 0.5) is 5.69 Å². The van der Waals surface area contributed by atoms with Gasteiger partial charge in [-0.2, -0.15) is 0 Å². The van der Waals surface area contributed by atoms with E-state index in [0.29, 0.717) is 38.9 Å². The number of carbonyl (C=O) groups excluding carboxylic acids is 3. The smallest absolute Gasteiger partial charge is 0.272 e. The highest BCUT2D eigenvalue weighted by atomic mass is 35.5. The van der Waals surface area contributed by atoms with Gasteiger partial charge < -0.3 is 20.1 Å². The van der Waals surface area contributed by atoms with Gasteiger partial charge in [0.1, 0.15) is 17.2 Å². The number of halogens is 1. The number of hydrogen-bond donors (Lipinski definition) is 2. The maximum atomic E-state index is 13.4. The largest absolute Gasteiger partial charge is 0.497 e. The summed E-state index contributed by atoms with van der Waals surface area (Å²) in [4.78, 5) is 39.0. The molecule has 0 unspecified atom stereocenters. The van der Waals surface area contributed by atoms with Crippen LogP contribution in [0.3, 0.4) is 0 Å². The average molecular weight is 567 g/mol. The first-order valence-electron chi connectivity index (χ1n) is 12.6. The van der Waals surface area contributed by atoms with Gasteiger partial charge in [-0.1, -0.05) is 48.0 Å². The van der Waals surface area contributed by atoms with Crippen LogP contribution >= 0.6 is 11.6 Å². The van der Waals surface area contributed by atoms with E-state index in [9.17, 15) is 14.4 Å². The molecule has 4 aromatic rings. The van der Waals surface area contributed by atoms with Gasteiger partial charge in [-0.3, -0.25) is 14.4 Å². The minimum Gasteiger partial charge on any atom is -0.497 e. The van der Waals surface area contributed by atoms with Gasteiger partial charge in [0.15, 0.2) is 5.78 Å². The van der Waals surface area contributed by atoms with Crippen molar-refractivity contribution in [2.45, 2.75) is 0 Å². The lowest BCUT2D eigenvalue weighted by molar-refractivity contribution is -0.113. The zero-order valence-electron chi connectivity index (χ0n) is 22.4. The van der Waals surface area contributed by atoms with Gasteiger partial charge in [-0.05, 0) is 84.5 Å². The quantitative estimate of drug-likeness (QED) is 0.165. The number of nitrogens with one attached hydrogen (secondary N) is 2. The summed E-state index contributed by atoms with van der Waals surface area (Å²) < 4.78 is 10.7. The fourth-order valence-electron chi connectivity index (χ4n) is 3.84. The Bertz CT molecular complexity index is 1610. The summed E-state index contributed by atoms with van der Waals surface area (Å²) in [5.41, 5.74) is 2.48. The molecule has 0 aliphatic rings. The average Bonchev–Trinajstić information content (AvgIpc) is 3.00. The lowest BCUT2D eigenvalue weighted by Crippen LogP contribution is -2.30. The number of ketones is 1. The molecule has 2 amide bonds. The monoisotopic (exact) mass is 566 g/mol. The number of carbonyl (C=O) groups is 3. The third-order valence-corrected chi connectivity index (χ3v) is 6.36. The third-order valence-electron chi connectivity index (χ3n) is 6.01. The number of methoxy groups -OCH3 is 2. The van der Waals surface area contributed by atoms with Gasteiger partial charge in [0.05, 0.1) is 14.2 Å². The Morgan fingerprint density at radius 1 is 0.756 bits per heavy atom. The van der Waals surface area contributed by atoms with E-state index < -0.39 is 11.8 Å². The van der Waals surface area contributed by atoms with Gasteiger partial charge in [-0.15, -0.1) is 0 Å². The Balaban J connectivity index is 1.56. The van der Waals surface area contributed by atoms with E-state index in [2.05, 4.69) is 10.6 Å². The second-order valence-corrected chi connectivity index (χ2v) is 9.14. The van der Waals surface area contributed by atoms with E-state index in [0.717, 1.165) is 5.56 Å². The molecule has 0 saturated carbocycles. The Labute approximate surface area is 243 Å². The topological polar surface area (TPSA) is 93.7 Å². The molecule has 0 aliphatic carbocycles. The van der Waals surface area contributed by atoms with Crippen LogP contribution in [0.15, 0.2) is 109 Å². The minimum atomic E-state index is -0.572. The summed E-state index contributed by atoms with van der Waals surface area (Å²) in [5, 5.41) is 6.02. The molecule has 2 N–H and O–H groups in total. The first-order chi connectivity index (χ1) is 19.9. The highest BCUT2D eigenvalue weighted by molar-refractivity contribution is 6.32. The maximum Gasteiger partial charge on any atom is 0.272 e. The van der Waals surface area contributed by atoms with Crippen molar-refractivity contribution in [2.75, 3.05) is 19.5 Å². The summed E-state index contributed by atoms with van der Waals surface area (Å²) in [6, 6.07) is 27.3. The number of amides is 2. The Morgan fingerprint density at radius 3 is 2.15 bits per heavy atom. The van der Waals surface area contributed by atoms with Crippen LogP contribution in [0.25, 0.3) is 12.2 Å². The predicted octanol–water partition coefficient (Wildman–Crippen LogP) is 6.66. The number of ether oxygens (including phenoxy) is 2. The molecule has 0 atom stereocenters. The van der Waals surface area contributed by atoms with Gasteiger partial charge in [-0.25, -0.2) is 0 Å². The van der Waals surface area contributed by atoms with Crippen LogP contribution in [-0.2, 0) is 4.79 Å². The van der Waals surface area contributed by atoms with Gasteiger partial charge in [0.25, 0.3) is 11.8 Å². The first kappa shape index (κ1) is 28.9. The van der Waals surface area contributed by atoms with E-state index in [1.165, 1.54) is 26.4 Å². The summed E-state index contributed by atoms with van der Waals surface area (Å²) >= 11 is 6.15. The fourth-order valence-corrected chi connectivity index (χ4v) is 4.04. The summed E-state index contributed by atoms with van der Waals surface area (Å²) in [6.07, 6.45) is 4.60. The molecule has 0 aromatic heterocycles. The number of hydrogen-bond acceptors (Lipinski definition) is 5. The zero-order valence-corrected chi connectivity index (χ0v) is 23.1. The van der Waals surface area contributed by atoms with Crippen molar-refractivity contribution in [3.05, 3.63) is 136 Å². The normalized spacial score (nSPS) is 11.1. The molecule has 0 radical (unpaired) electrons. The highest BCUT2D eigenvalue weighted by Crippen LogP contribution is 2.26. The molecule has 0 fully saturated rings.